The summed E-state index contributed by atoms with van der Waals surface area (Å²) >= 11 is 5.92. The summed E-state index contributed by atoms with van der Waals surface area (Å²) in [6.45, 7) is 1.37. The highest BCUT2D eigenvalue weighted by atomic mass is 35.5. The van der Waals surface area contributed by atoms with Crippen LogP contribution in [0.1, 0.15) is 23.4 Å². The predicted molar refractivity (Wildman–Crippen MR) is 139 cm³/mol. The molecule has 1 aliphatic rings. The molecule has 2 heterocycles. The van der Waals surface area contributed by atoms with E-state index in [-0.39, 0.29) is 18.4 Å². The maximum atomic E-state index is 13.4. The number of aryl methyl sites for hydroxylation is 1. The number of halogens is 1. The first kappa shape index (κ1) is 23.1. The smallest absolute Gasteiger partial charge is 0.246 e. The van der Waals surface area contributed by atoms with Crippen LogP contribution in [0.5, 0.6) is 0 Å². The molecular weight excluding hydrogens is 460 g/mol. The lowest BCUT2D eigenvalue weighted by Gasteiger charge is -2.29. The normalized spacial score (nSPS) is 13.0. The van der Waals surface area contributed by atoms with E-state index in [0.717, 1.165) is 47.5 Å². The van der Waals surface area contributed by atoms with Gasteiger partial charge in [0.25, 0.3) is 0 Å². The van der Waals surface area contributed by atoms with Crippen molar-refractivity contribution in [1.82, 2.24) is 14.9 Å². The highest BCUT2D eigenvalue weighted by Crippen LogP contribution is 2.27. The molecule has 6 nitrogen and oxygen atoms in total. The predicted octanol–water partition coefficient (Wildman–Crippen LogP) is 4.57. The number of hydrogen-bond acceptors (Lipinski definition) is 3. The molecule has 178 valence electrons. The van der Waals surface area contributed by atoms with E-state index in [1.165, 1.54) is 5.56 Å². The molecule has 4 aromatic rings. The molecular formula is C28H27ClN4O2. The Morgan fingerprint density at radius 1 is 0.971 bits per heavy atom. The summed E-state index contributed by atoms with van der Waals surface area (Å²) in [7, 11) is 0. The van der Waals surface area contributed by atoms with E-state index >= 15 is 0 Å². The van der Waals surface area contributed by atoms with E-state index in [9.17, 15) is 9.59 Å². The largest absolute Gasteiger partial charge is 0.355 e. The fraction of sp³-hybridized carbons (Fsp3) is 0.250. The van der Waals surface area contributed by atoms with Gasteiger partial charge in [-0.1, -0.05) is 54.1 Å². The van der Waals surface area contributed by atoms with E-state index < -0.39 is 0 Å². The number of amides is 2. The Labute approximate surface area is 209 Å². The molecule has 1 aliphatic heterocycles. The number of aromatic nitrogens is 2. The lowest BCUT2D eigenvalue weighted by atomic mass is 10.0. The van der Waals surface area contributed by atoms with Crippen LogP contribution < -0.4 is 10.2 Å². The van der Waals surface area contributed by atoms with Crippen molar-refractivity contribution in [2.75, 3.05) is 18.0 Å². The fourth-order valence-electron chi connectivity index (χ4n) is 4.67. The second-order valence-corrected chi connectivity index (χ2v) is 9.22. The number of carbonyl (C=O) groups excluding carboxylic acids is 2. The Morgan fingerprint density at radius 2 is 1.74 bits per heavy atom. The minimum atomic E-state index is -0.0593. The van der Waals surface area contributed by atoms with Gasteiger partial charge in [-0.25, -0.2) is 4.98 Å². The van der Waals surface area contributed by atoms with Gasteiger partial charge in [0.2, 0.25) is 11.8 Å². The minimum Gasteiger partial charge on any atom is -0.355 e. The fourth-order valence-corrected chi connectivity index (χ4v) is 4.80. The number of rotatable bonds is 7. The molecule has 0 fully saturated rings. The first-order valence-corrected chi connectivity index (χ1v) is 12.3. The Bertz CT molecular complexity index is 1360. The summed E-state index contributed by atoms with van der Waals surface area (Å²) in [4.78, 5) is 32.5. The van der Waals surface area contributed by atoms with Crippen molar-refractivity contribution in [1.29, 1.82) is 0 Å². The van der Waals surface area contributed by atoms with Crippen molar-refractivity contribution in [3.05, 3.63) is 94.8 Å². The van der Waals surface area contributed by atoms with Crippen LogP contribution in [0.25, 0.3) is 11.0 Å². The zero-order chi connectivity index (χ0) is 24.2. The monoisotopic (exact) mass is 486 g/mol. The van der Waals surface area contributed by atoms with Crippen LogP contribution >= 0.6 is 11.6 Å². The van der Waals surface area contributed by atoms with Gasteiger partial charge in [-0.2, -0.15) is 0 Å². The van der Waals surface area contributed by atoms with Gasteiger partial charge in [0, 0.05) is 30.2 Å². The number of fused-ring (bicyclic) bond motifs is 2. The number of para-hydroxylation sites is 3. The molecule has 0 saturated heterocycles. The highest BCUT2D eigenvalue weighted by Gasteiger charge is 2.24. The zero-order valence-electron chi connectivity index (χ0n) is 19.4. The number of benzene rings is 3. The first-order valence-electron chi connectivity index (χ1n) is 11.9. The topological polar surface area (TPSA) is 67.2 Å². The molecule has 1 N–H and O–H groups in total. The number of imidazole rings is 1. The van der Waals surface area contributed by atoms with Crippen molar-refractivity contribution in [3.63, 3.8) is 0 Å². The molecule has 0 spiro atoms. The van der Waals surface area contributed by atoms with E-state index in [1.807, 2.05) is 64.1 Å². The molecule has 0 bridgehead atoms. The van der Waals surface area contributed by atoms with Gasteiger partial charge >= 0.3 is 0 Å². The Morgan fingerprint density at radius 3 is 2.60 bits per heavy atom. The number of carbonyl (C=O) groups is 2. The Kier molecular flexibility index (Phi) is 6.82. The van der Waals surface area contributed by atoms with Crippen LogP contribution in [0.15, 0.2) is 72.8 Å². The molecule has 2 amide bonds. The van der Waals surface area contributed by atoms with Gasteiger partial charge in [0.05, 0.1) is 17.5 Å². The lowest BCUT2D eigenvalue weighted by molar-refractivity contribution is -0.120. The average Bonchev–Trinajstić information content (AvgIpc) is 3.22. The quantitative estimate of drug-likeness (QED) is 0.416. The number of hydrogen-bond donors (Lipinski definition) is 1. The average molecular weight is 487 g/mol. The second-order valence-electron chi connectivity index (χ2n) is 8.78. The van der Waals surface area contributed by atoms with Crippen LogP contribution in [0.2, 0.25) is 5.02 Å². The third-order valence-electron chi connectivity index (χ3n) is 6.39. The van der Waals surface area contributed by atoms with Crippen LogP contribution in [0.3, 0.4) is 0 Å². The van der Waals surface area contributed by atoms with Crippen molar-refractivity contribution in [2.24, 2.45) is 0 Å². The summed E-state index contributed by atoms with van der Waals surface area (Å²) in [5, 5.41) is 3.62. The lowest BCUT2D eigenvalue weighted by Crippen LogP contribution is -2.38. The summed E-state index contributed by atoms with van der Waals surface area (Å²) in [6.07, 6.45) is 2.78. The van der Waals surface area contributed by atoms with Crippen LogP contribution in [0.4, 0.5) is 5.69 Å². The maximum Gasteiger partial charge on any atom is 0.246 e. The van der Waals surface area contributed by atoms with Crippen molar-refractivity contribution in [3.8, 4) is 0 Å². The van der Waals surface area contributed by atoms with Gasteiger partial charge in [-0.05, 0) is 54.3 Å². The SMILES string of the molecule is O=C(Cc1ccc(Cl)cc1)NCCc1nc2ccccc2n1CC(=O)N1CCCc2ccccc21. The minimum absolute atomic E-state index is 0.0494. The van der Waals surface area contributed by atoms with Gasteiger partial charge in [-0.15, -0.1) is 0 Å². The molecule has 1 aromatic heterocycles. The molecule has 0 unspecified atom stereocenters. The summed E-state index contributed by atoms with van der Waals surface area (Å²) in [5.41, 5.74) is 4.90. The second kappa shape index (κ2) is 10.3. The number of nitrogens with one attached hydrogen (secondary N) is 1. The molecule has 5 rings (SSSR count). The van der Waals surface area contributed by atoms with Gasteiger partial charge in [0.1, 0.15) is 12.4 Å². The third-order valence-corrected chi connectivity index (χ3v) is 6.64. The van der Waals surface area contributed by atoms with Gasteiger partial charge in [0.15, 0.2) is 0 Å². The van der Waals surface area contributed by atoms with E-state index in [0.29, 0.717) is 24.4 Å². The molecule has 3 aromatic carbocycles. The Balaban J connectivity index is 1.29. The van der Waals surface area contributed by atoms with E-state index in [4.69, 9.17) is 16.6 Å². The van der Waals surface area contributed by atoms with Crippen molar-refractivity contribution in [2.45, 2.75) is 32.2 Å². The number of nitrogens with zero attached hydrogens (tertiary/aromatic N) is 3. The van der Waals surface area contributed by atoms with E-state index in [2.05, 4.69) is 11.4 Å². The maximum absolute atomic E-state index is 13.4. The highest BCUT2D eigenvalue weighted by molar-refractivity contribution is 6.30. The van der Waals surface area contributed by atoms with Crippen molar-refractivity contribution < 1.29 is 9.59 Å². The first-order chi connectivity index (χ1) is 17.1. The summed E-state index contributed by atoms with van der Waals surface area (Å²) in [5.74, 6) is 0.779. The van der Waals surface area contributed by atoms with Gasteiger partial charge < -0.3 is 14.8 Å². The Hall–Kier alpha value is -3.64. The standard InChI is InChI=1S/C28H27ClN4O2/c29-22-13-11-20(12-14-22)18-27(34)30-16-15-26-31-23-8-2-4-10-25(23)33(26)19-28(35)32-17-5-7-21-6-1-3-9-24(21)32/h1-4,6,8-14H,5,7,15-19H2,(H,30,34). The number of anilines is 1. The molecule has 0 aliphatic carbocycles. The van der Waals surface area contributed by atoms with Crippen LogP contribution in [0, 0.1) is 0 Å². The molecule has 0 radical (unpaired) electrons. The van der Waals surface area contributed by atoms with Gasteiger partial charge in [-0.3, -0.25) is 9.59 Å². The van der Waals surface area contributed by atoms with Crippen LogP contribution in [-0.2, 0) is 35.4 Å². The summed E-state index contributed by atoms with van der Waals surface area (Å²) in [6, 6.07) is 23.2. The summed E-state index contributed by atoms with van der Waals surface area (Å²) < 4.78 is 1.99. The van der Waals surface area contributed by atoms with E-state index in [1.54, 1.807) is 12.1 Å². The molecule has 0 saturated carbocycles. The van der Waals surface area contributed by atoms with Crippen LogP contribution in [-0.4, -0.2) is 34.5 Å². The molecule has 35 heavy (non-hydrogen) atoms. The third kappa shape index (κ3) is 5.23. The molecule has 0 atom stereocenters. The van der Waals surface area contributed by atoms with Crippen molar-refractivity contribution >= 4 is 40.1 Å². The molecule has 7 heteroatoms. The zero-order valence-corrected chi connectivity index (χ0v) is 20.2.